The van der Waals surface area contributed by atoms with Gasteiger partial charge in [0.25, 0.3) is 5.91 Å². The van der Waals surface area contributed by atoms with Gasteiger partial charge in [-0.1, -0.05) is 17.7 Å². The number of hydrogen-bond donors (Lipinski definition) is 2. The van der Waals surface area contributed by atoms with Crippen LogP contribution in [-0.4, -0.2) is 16.8 Å². The zero-order valence-electron chi connectivity index (χ0n) is 11.8. The van der Waals surface area contributed by atoms with Crippen LogP contribution in [0.3, 0.4) is 0 Å². The number of pyridine rings is 1. The Labute approximate surface area is 133 Å². The van der Waals surface area contributed by atoms with E-state index >= 15 is 0 Å². The zero-order chi connectivity index (χ0) is 15.9. The molecule has 0 fully saturated rings. The zero-order valence-corrected chi connectivity index (χ0v) is 12.6. The fourth-order valence-corrected chi connectivity index (χ4v) is 1.83. The minimum absolute atomic E-state index is 0.135. The SMILES string of the molecule is CC(=O)NC(=Cc1cccnc1)C(=O)Nc1ccc(Cl)cc1. The van der Waals surface area contributed by atoms with Crippen LogP contribution in [-0.2, 0) is 9.59 Å². The van der Waals surface area contributed by atoms with Gasteiger partial charge in [0.1, 0.15) is 5.70 Å². The van der Waals surface area contributed by atoms with E-state index in [0.717, 1.165) is 0 Å². The largest absolute Gasteiger partial charge is 0.322 e. The minimum Gasteiger partial charge on any atom is -0.322 e. The molecule has 0 saturated heterocycles. The summed E-state index contributed by atoms with van der Waals surface area (Å²) >= 11 is 5.80. The Bertz CT molecular complexity index is 697. The second-order valence-electron chi connectivity index (χ2n) is 4.49. The number of rotatable bonds is 4. The molecular weight excluding hydrogens is 302 g/mol. The van der Waals surface area contributed by atoms with Crippen LogP contribution < -0.4 is 10.6 Å². The van der Waals surface area contributed by atoms with Gasteiger partial charge in [-0.05, 0) is 42.0 Å². The molecule has 0 atom stereocenters. The summed E-state index contributed by atoms with van der Waals surface area (Å²) in [6.07, 6.45) is 4.78. The molecule has 2 N–H and O–H groups in total. The van der Waals surface area contributed by atoms with Crippen LogP contribution >= 0.6 is 11.6 Å². The first-order valence-corrected chi connectivity index (χ1v) is 6.88. The Morgan fingerprint density at radius 1 is 1.18 bits per heavy atom. The monoisotopic (exact) mass is 315 g/mol. The van der Waals surface area contributed by atoms with E-state index in [1.54, 1.807) is 54.9 Å². The van der Waals surface area contributed by atoms with Gasteiger partial charge in [-0.25, -0.2) is 0 Å². The Morgan fingerprint density at radius 3 is 2.50 bits per heavy atom. The van der Waals surface area contributed by atoms with E-state index in [9.17, 15) is 9.59 Å². The number of nitrogens with one attached hydrogen (secondary N) is 2. The molecule has 0 unspecified atom stereocenters. The Hall–Kier alpha value is -2.66. The Morgan fingerprint density at radius 2 is 1.91 bits per heavy atom. The van der Waals surface area contributed by atoms with Crippen molar-refractivity contribution in [2.45, 2.75) is 6.92 Å². The van der Waals surface area contributed by atoms with Crippen molar-refractivity contribution >= 4 is 35.2 Å². The molecule has 0 saturated carbocycles. The molecule has 6 heteroatoms. The van der Waals surface area contributed by atoms with Gasteiger partial charge in [0.15, 0.2) is 0 Å². The van der Waals surface area contributed by atoms with Crippen molar-refractivity contribution < 1.29 is 9.59 Å². The predicted molar refractivity (Wildman–Crippen MR) is 86.1 cm³/mol. The predicted octanol–water partition coefficient (Wildman–Crippen LogP) is 2.85. The van der Waals surface area contributed by atoms with E-state index in [0.29, 0.717) is 16.3 Å². The molecule has 112 valence electrons. The topological polar surface area (TPSA) is 71.1 Å². The second kappa shape index (κ2) is 7.38. The molecule has 0 aliphatic heterocycles. The number of benzene rings is 1. The van der Waals surface area contributed by atoms with Crippen LogP contribution in [0.25, 0.3) is 6.08 Å². The molecule has 2 amide bonds. The molecule has 2 aromatic rings. The number of amides is 2. The average Bonchev–Trinajstić information content (AvgIpc) is 2.49. The summed E-state index contributed by atoms with van der Waals surface area (Å²) in [5.74, 6) is -0.761. The maximum Gasteiger partial charge on any atom is 0.272 e. The van der Waals surface area contributed by atoms with E-state index in [2.05, 4.69) is 15.6 Å². The molecule has 1 aromatic carbocycles. The summed E-state index contributed by atoms with van der Waals surface area (Å²) in [5.41, 5.74) is 1.42. The highest BCUT2D eigenvalue weighted by molar-refractivity contribution is 6.30. The lowest BCUT2D eigenvalue weighted by Crippen LogP contribution is -2.28. The number of anilines is 1. The van der Waals surface area contributed by atoms with Crippen LogP contribution in [0.5, 0.6) is 0 Å². The standard InChI is InChI=1S/C16H14ClN3O2/c1-11(21)19-15(9-12-3-2-8-18-10-12)16(22)20-14-6-4-13(17)5-7-14/h2-10H,1H3,(H,19,21)(H,20,22). The highest BCUT2D eigenvalue weighted by atomic mass is 35.5. The first-order valence-electron chi connectivity index (χ1n) is 6.51. The Kier molecular flexibility index (Phi) is 5.27. The Balaban J connectivity index is 2.21. The molecule has 0 aliphatic carbocycles. The van der Waals surface area contributed by atoms with E-state index in [-0.39, 0.29) is 11.6 Å². The van der Waals surface area contributed by atoms with E-state index in [1.807, 2.05) is 0 Å². The first-order chi connectivity index (χ1) is 10.5. The first kappa shape index (κ1) is 15.7. The summed E-state index contributed by atoms with van der Waals surface area (Å²) in [6, 6.07) is 10.2. The quantitative estimate of drug-likeness (QED) is 0.852. The summed E-state index contributed by atoms with van der Waals surface area (Å²) in [4.78, 5) is 27.5. The van der Waals surface area contributed by atoms with Gasteiger partial charge in [-0.2, -0.15) is 0 Å². The molecule has 1 aromatic heterocycles. The van der Waals surface area contributed by atoms with Crippen molar-refractivity contribution in [2.24, 2.45) is 0 Å². The summed E-state index contributed by atoms with van der Waals surface area (Å²) in [5, 5.41) is 5.78. The normalized spacial score (nSPS) is 10.9. The summed E-state index contributed by atoms with van der Waals surface area (Å²) in [6.45, 7) is 1.34. The molecule has 0 spiro atoms. The molecule has 2 rings (SSSR count). The number of aromatic nitrogens is 1. The van der Waals surface area contributed by atoms with Crippen LogP contribution in [0.15, 0.2) is 54.5 Å². The van der Waals surface area contributed by atoms with E-state index < -0.39 is 5.91 Å². The van der Waals surface area contributed by atoms with Gasteiger partial charge >= 0.3 is 0 Å². The lowest BCUT2D eigenvalue weighted by Gasteiger charge is -2.09. The summed E-state index contributed by atoms with van der Waals surface area (Å²) in [7, 11) is 0. The maximum atomic E-state index is 12.3. The highest BCUT2D eigenvalue weighted by Gasteiger charge is 2.11. The van der Waals surface area contributed by atoms with Crippen molar-refractivity contribution in [1.29, 1.82) is 0 Å². The van der Waals surface area contributed by atoms with Crippen molar-refractivity contribution in [3.63, 3.8) is 0 Å². The third-order valence-corrected chi connectivity index (χ3v) is 2.90. The molecular formula is C16H14ClN3O2. The highest BCUT2D eigenvalue weighted by Crippen LogP contribution is 2.14. The van der Waals surface area contributed by atoms with Gasteiger partial charge in [-0.3, -0.25) is 14.6 Å². The number of carbonyl (C=O) groups is 2. The van der Waals surface area contributed by atoms with Gasteiger partial charge in [0, 0.05) is 30.0 Å². The summed E-state index contributed by atoms with van der Waals surface area (Å²) < 4.78 is 0. The van der Waals surface area contributed by atoms with Gasteiger partial charge < -0.3 is 10.6 Å². The molecule has 0 radical (unpaired) electrons. The van der Waals surface area contributed by atoms with E-state index in [4.69, 9.17) is 11.6 Å². The third-order valence-electron chi connectivity index (χ3n) is 2.65. The van der Waals surface area contributed by atoms with Crippen molar-refractivity contribution in [2.75, 3.05) is 5.32 Å². The smallest absolute Gasteiger partial charge is 0.272 e. The van der Waals surface area contributed by atoms with Crippen LogP contribution in [0.1, 0.15) is 12.5 Å². The number of nitrogens with zero attached hydrogens (tertiary/aromatic N) is 1. The number of carbonyl (C=O) groups excluding carboxylic acids is 2. The molecule has 1 heterocycles. The third kappa shape index (κ3) is 4.71. The minimum atomic E-state index is -0.429. The fourth-order valence-electron chi connectivity index (χ4n) is 1.71. The second-order valence-corrected chi connectivity index (χ2v) is 4.92. The van der Waals surface area contributed by atoms with Crippen LogP contribution in [0, 0.1) is 0 Å². The fraction of sp³-hybridized carbons (Fsp3) is 0.0625. The maximum absolute atomic E-state index is 12.3. The lowest BCUT2D eigenvalue weighted by molar-refractivity contribution is -0.120. The molecule has 5 nitrogen and oxygen atoms in total. The van der Waals surface area contributed by atoms with Gasteiger partial charge in [0.05, 0.1) is 0 Å². The van der Waals surface area contributed by atoms with Crippen LogP contribution in [0.2, 0.25) is 5.02 Å². The van der Waals surface area contributed by atoms with Gasteiger partial charge in [-0.15, -0.1) is 0 Å². The average molecular weight is 316 g/mol. The van der Waals surface area contributed by atoms with E-state index in [1.165, 1.54) is 6.92 Å². The van der Waals surface area contributed by atoms with Crippen molar-refractivity contribution in [1.82, 2.24) is 10.3 Å². The number of halogens is 1. The number of hydrogen-bond acceptors (Lipinski definition) is 3. The molecule has 22 heavy (non-hydrogen) atoms. The van der Waals surface area contributed by atoms with Crippen LogP contribution in [0.4, 0.5) is 5.69 Å². The van der Waals surface area contributed by atoms with Crippen molar-refractivity contribution in [3.8, 4) is 0 Å². The van der Waals surface area contributed by atoms with Crippen molar-refractivity contribution in [3.05, 3.63) is 65.1 Å². The van der Waals surface area contributed by atoms with Gasteiger partial charge in [0.2, 0.25) is 5.91 Å². The molecule has 0 bridgehead atoms. The molecule has 0 aliphatic rings. The lowest BCUT2D eigenvalue weighted by atomic mass is 10.2.